The fourth-order valence-electron chi connectivity index (χ4n) is 3.10. The zero-order chi connectivity index (χ0) is 21.1. The van der Waals surface area contributed by atoms with E-state index in [0.717, 1.165) is 17.6 Å². The van der Waals surface area contributed by atoms with E-state index < -0.39 is 5.97 Å². The lowest BCUT2D eigenvalue weighted by atomic mass is 10.1. The lowest BCUT2D eigenvalue weighted by Crippen LogP contribution is -2.22. The average molecular weight is 420 g/mol. The smallest absolute Gasteiger partial charge is 0.359 e. The van der Waals surface area contributed by atoms with E-state index in [1.807, 2.05) is 48.5 Å². The number of thiazole rings is 1. The van der Waals surface area contributed by atoms with Crippen LogP contribution < -0.4 is 4.90 Å². The second-order valence-electron chi connectivity index (χ2n) is 6.69. The number of benzene rings is 2. The molecule has 0 spiro atoms. The molecular weight excluding hydrogens is 400 g/mol. The molecule has 0 unspecified atom stereocenters. The second kappa shape index (κ2) is 8.46. The standard InChI is InChI=1S/C22H20N4O3S/c1-3-15-8-10-17(11-9-15)26(14(2)27)22-23-16(13-30-22)12-29-21(28)20-18-6-4-5-7-19(18)24-25-20/h4-11,13H,3,12H2,1-2H3,(H,24,25). The molecule has 0 aliphatic carbocycles. The van der Waals surface area contributed by atoms with Gasteiger partial charge in [0, 0.05) is 17.7 Å². The normalized spacial score (nSPS) is 10.9. The van der Waals surface area contributed by atoms with Crippen LogP contribution >= 0.6 is 11.3 Å². The molecule has 0 saturated carbocycles. The van der Waals surface area contributed by atoms with Crippen molar-refractivity contribution in [2.45, 2.75) is 26.9 Å². The molecular formula is C22H20N4O3S. The molecule has 7 nitrogen and oxygen atoms in total. The minimum Gasteiger partial charge on any atom is -0.454 e. The number of nitrogens with zero attached hydrogens (tertiary/aromatic N) is 3. The van der Waals surface area contributed by atoms with Crippen molar-refractivity contribution in [2.24, 2.45) is 0 Å². The maximum absolute atomic E-state index is 12.4. The third kappa shape index (κ3) is 3.95. The summed E-state index contributed by atoms with van der Waals surface area (Å²) in [6.45, 7) is 3.58. The number of para-hydroxylation sites is 1. The second-order valence-corrected chi connectivity index (χ2v) is 7.53. The fraction of sp³-hybridized carbons (Fsp3) is 0.182. The highest BCUT2D eigenvalue weighted by Crippen LogP contribution is 2.29. The highest BCUT2D eigenvalue weighted by atomic mass is 32.1. The molecule has 0 bridgehead atoms. The van der Waals surface area contributed by atoms with E-state index >= 15 is 0 Å². The predicted octanol–water partition coefficient (Wildman–Crippen LogP) is 4.62. The maximum Gasteiger partial charge on any atom is 0.359 e. The van der Waals surface area contributed by atoms with Crippen LogP contribution in [0.5, 0.6) is 0 Å². The number of carbonyl (C=O) groups excluding carboxylic acids is 2. The molecule has 2 aromatic carbocycles. The number of carbonyl (C=O) groups is 2. The van der Waals surface area contributed by atoms with Gasteiger partial charge >= 0.3 is 5.97 Å². The summed E-state index contributed by atoms with van der Waals surface area (Å²) in [7, 11) is 0. The number of nitrogens with one attached hydrogen (secondary N) is 1. The van der Waals surface area contributed by atoms with Crippen molar-refractivity contribution in [1.82, 2.24) is 15.2 Å². The third-order valence-electron chi connectivity index (χ3n) is 4.66. The minimum atomic E-state index is -0.527. The zero-order valence-corrected chi connectivity index (χ0v) is 17.4. The number of amides is 1. The van der Waals surface area contributed by atoms with Crippen molar-refractivity contribution < 1.29 is 14.3 Å². The van der Waals surface area contributed by atoms with Crippen molar-refractivity contribution in [3.63, 3.8) is 0 Å². The van der Waals surface area contributed by atoms with Gasteiger partial charge < -0.3 is 4.74 Å². The number of hydrogen-bond acceptors (Lipinski definition) is 6. The number of fused-ring (bicyclic) bond motifs is 1. The van der Waals surface area contributed by atoms with E-state index in [4.69, 9.17) is 4.74 Å². The molecule has 1 amide bonds. The topological polar surface area (TPSA) is 88.2 Å². The molecule has 0 radical (unpaired) electrons. The average Bonchev–Trinajstić information content (AvgIpc) is 3.40. The van der Waals surface area contributed by atoms with E-state index in [0.29, 0.717) is 16.2 Å². The summed E-state index contributed by atoms with van der Waals surface area (Å²) in [6, 6.07) is 15.2. The van der Waals surface area contributed by atoms with Crippen LogP contribution in [0.3, 0.4) is 0 Å². The molecule has 0 saturated heterocycles. The summed E-state index contributed by atoms with van der Waals surface area (Å²) < 4.78 is 5.39. The van der Waals surface area contributed by atoms with Gasteiger partial charge in [0.05, 0.1) is 16.9 Å². The Balaban J connectivity index is 1.48. The first-order valence-electron chi connectivity index (χ1n) is 9.51. The number of esters is 1. The van der Waals surface area contributed by atoms with Gasteiger partial charge in [-0.05, 0) is 30.2 Å². The first-order valence-corrected chi connectivity index (χ1v) is 10.4. The largest absolute Gasteiger partial charge is 0.454 e. The van der Waals surface area contributed by atoms with Crippen LogP contribution in [0.2, 0.25) is 0 Å². The van der Waals surface area contributed by atoms with Gasteiger partial charge in [0.25, 0.3) is 0 Å². The Hall–Kier alpha value is -3.52. The number of hydrogen-bond donors (Lipinski definition) is 1. The summed E-state index contributed by atoms with van der Waals surface area (Å²) in [5.74, 6) is -0.666. The monoisotopic (exact) mass is 420 g/mol. The number of aryl methyl sites for hydroxylation is 1. The van der Waals surface area contributed by atoms with Gasteiger partial charge in [-0.25, -0.2) is 9.78 Å². The molecule has 8 heteroatoms. The summed E-state index contributed by atoms with van der Waals surface area (Å²) in [6.07, 6.45) is 0.929. The van der Waals surface area contributed by atoms with Crippen LogP contribution in [0, 0.1) is 0 Å². The molecule has 0 atom stereocenters. The van der Waals surface area contributed by atoms with E-state index in [1.165, 1.54) is 23.8 Å². The van der Waals surface area contributed by atoms with E-state index in [9.17, 15) is 9.59 Å². The Kier molecular flexibility index (Phi) is 5.58. The lowest BCUT2D eigenvalue weighted by molar-refractivity contribution is -0.115. The number of anilines is 2. The zero-order valence-electron chi connectivity index (χ0n) is 16.6. The molecule has 4 rings (SSSR count). The number of aromatic amines is 1. The SMILES string of the molecule is CCc1ccc(N(C(C)=O)c2nc(COC(=O)c3n[nH]c4ccccc34)cs2)cc1. The summed E-state index contributed by atoms with van der Waals surface area (Å²) >= 11 is 1.32. The van der Waals surface area contributed by atoms with Gasteiger partial charge in [0.1, 0.15) is 6.61 Å². The number of aromatic nitrogens is 3. The van der Waals surface area contributed by atoms with Crippen LogP contribution in [-0.4, -0.2) is 27.1 Å². The molecule has 30 heavy (non-hydrogen) atoms. The van der Waals surface area contributed by atoms with Crippen molar-refractivity contribution in [3.05, 3.63) is 70.9 Å². The Labute approximate surface area is 177 Å². The van der Waals surface area contributed by atoms with Crippen LogP contribution in [0.1, 0.15) is 35.6 Å². The van der Waals surface area contributed by atoms with E-state index in [1.54, 1.807) is 10.3 Å². The molecule has 0 aliphatic rings. The van der Waals surface area contributed by atoms with Gasteiger partial charge in [-0.2, -0.15) is 5.10 Å². The third-order valence-corrected chi connectivity index (χ3v) is 5.54. The highest BCUT2D eigenvalue weighted by molar-refractivity contribution is 7.14. The molecule has 152 valence electrons. The Bertz CT molecular complexity index is 1200. The van der Waals surface area contributed by atoms with Crippen LogP contribution in [0.4, 0.5) is 10.8 Å². The minimum absolute atomic E-state index is 0.00294. The Morgan fingerprint density at radius 2 is 1.90 bits per heavy atom. The van der Waals surface area contributed by atoms with Crippen molar-refractivity contribution >= 4 is 44.9 Å². The maximum atomic E-state index is 12.4. The molecule has 0 aliphatic heterocycles. The summed E-state index contributed by atoms with van der Waals surface area (Å²) in [4.78, 5) is 30.7. The number of ether oxygens (including phenoxy) is 1. The van der Waals surface area contributed by atoms with Gasteiger partial charge in [-0.3, -0.25) is 14.8 Å². The highest BCUT2D eigenvalue weighted by Gasteiger charge is 2.19. The summed E-state index contributed by atoms with van der Waals surface area (Å²) in [5, 5.41) is 9.88. The van der Waals surface area contributed by atoms with E-state index in [-0.39, 0.29) is 18.2 Å². The quantitative estimate of drug-likeness (QED) is 0.460. The fourth-order valence-corrected chi connectivity index (χ4v) is 3.97. The predicted molar refractivity (Wildman–Crippen MR) is 116 cm³/mol. The Morgan fingerprint density at radius 3 is 2.63 bits per heavy atom. The summed E-state index contributed by atoms with van der Waals surface area (Å²) in [5.41, 5.74) is 3.52. The molecule has 0 fully saturated rings. The van der Waals surface area contributed by atoms with Crippen molar-refractivity contribution in [1.29, 1.82) is 0 Å². The van der Waals surface area contributed by atoms with E-state index in [2.05, 4.69) is 22.1 Å². The first kappa shape index (κ1) is 19.8. The first-order chi connectivity index (χ1) is 14.6. The Morgan fingerprint density at radius 1 is 1.13 bits per heavy atom. The molecule has 4 aromatic rings. The molecule has 1 N–H and O–H groups in total. The molecule has 2 heterocycles. The van der Waals surface area contributed by atoms with Crippen LogP contribution in [-0.2, 0) is 22.6 Å². The van der Waals surface area contributed by atoms with Crippen molar-refractivity contribution in [3.8, 4) is 0 Å². The van der Waals surface area contributed by atoms with Crippen LogP contribution in [0.25, 0.3) is 10.9 Å². The van der Waals surface area contributed by atoms with Gasteiger partial charge in [0.2, 0.25) is 5.91 Å². The van der Waals surface area contributed by atoms with Gasteiger partial charge in [0.15, 0.2) is 10.8 Å². The van der Waals surface area contributed by atoms with Gasteiger partial charge in [-0.1, -0.05) is 37.3 Å². The number of H-pyrrole nitrogens is 1. The number of rotatable bonds is 6. The lowest BCUT2D eigenvalue weighted by Gasteiger charge is -2.18. The molecule has 2 aromatic heterocycles. The van der Waals surface area contributed by atoms with Crippen molar-refractivity contribution in [2.75, 3.05) is 4.90 Å². The van der Waals surface area contributed by atoms with Crippen LogP contribution in [0.15, 0.2) is 53.9 Å². The van der Waals surface area contributed by atoms with Gasteiger partial charge in [-0.15, -0.1) is 11.3 Å².